The minimum atomic E-state index is -0.838. The molecule has 1 unspecified atom stereocenters. The van der Waals surface area contributed by atoms with Crippen molar-refractivity contribution in [1.82, 2.24) is 14.8 Å². The van der Waals surface area contributed by atoms with Gasteiger partial charge in [-0.2, -0.15) is 0 Å². The monoisotopic (exact) mass is 427 g/mol. The number of nitrogens with zero attached hydrogens (tertiary/aromatic N) is 2. The molecule has 0 saturated heterocycles. The molecule has 0 radical (unpaired) electrons. The number of thiophene rings is 1. The molecule has 1 N–H and O–H groups in total. The minimum absolute atomic E-state index is 0.0341. The van der Waals surface area contributed by atoms with Gasteiger partial charge in [-0.25, -0.2) is 0 Å². The van der Waals surface area contributed by atoms with Crippen LogP contribution in [0.3, 0.4) is 0 Å². The van der Waals surface area contributed by atoms with Crippen LogP contribution in [0.1, 0.15) is 88.0 Å². The fourth-order valence-corrected chi connectivity index (χ4v) is 6.73. The predicted molar refractivity (Wildman–Crippen MR) is 121 cm³/mol. The Morgan fingerprint density at radius 3 is 2.47 bits per heavy atom. The van der Waals surface area contributed by atoms with Crippen LogP contribution in [-0.2, 0) is 11.3 Å². The normalized spacial score (nSPS) is 26.6. The first-order chi connectivity index (χ1) is 14.6. The molecular formula is C24H33N3O2S. The van der Waals surface area contributed by atoms with Crippen molar-refractivity contribution in [2.24, 2.45) is 0 Å². The maximum absolute atomic E-state index is 13.8. The molecule has 0 aromatic carbocycles. The Morgan fingerprint density at radius 2 is 1.73 bits per heavy atom. The Balaban J connectivity index is 1.48. The molecule has 5 nitrogen and oxygen atoms in total. The smallest absolute Gasteiger partial charge is 0.271 e. The molecule has 2 saturated carbocycles. The first-order valence-corrected chi connectivity index (χ1v) is 12.7. The van der Waals surface area contributed by atoms with Crippen molar-refractivity contribution in [3.63, 3.8) is 0 Å². The average Bonchev–Trinajstić information content (AvgIpc) is 3.42. The van der Waals surface area contributed by atoms with Crippen LogP contribution in [0.2, 0.25) is 0 Å². The number of carbonyl (C=O) groups is 2. The summed E-state index contributed by atoms with van der Waals surface area (Å²) in [4.78, 5) is 29.5. The number of aromatic nitrogens is 1. The Hall–Kier alpha value is -1.82. The van der Waals surface area contributed by atoms with Gasteiger partial charge in [-0.1, -0.05) is 44.9 Å². The largest absolute Gasteiger partial charge is 0.351 e. The third kappa shape index (κ3) is 3.37. The Morgan fingerprint density at radius 1 is 1.07 bits per heavy atom. The Labute approximate surface area is 182 Å². The Bertz CT molecular complexity index is 934. The molecule has 6 heteroatoms. The van der Waals surface area contributed by atoms with Gasteiger partial charge in [0.15, 0.2) is 0 Å². The van der Waals surface area contributed by atoms with Crippen molar-refractivity contribution >= 4 is 33.4 Å². The third-order valence-electron chi connectivity index (χ3n) is 7.58. The maximum Gasteiger partial charge on any atom is 0.271 e. The predicted octanol–water partition coefficient (Wildman–Crippen LogP) is 5.09. The van der Waals surface area contributed by atoms with Crippen molar-refractivity contribution < 1.29 is 9.59 Å². The van der Waals surface area contributed by atoms with E-state index in [9.17, 15) is 9.59 Å². The highest BCUT2D eigenvalue weighted by Crippen LogP contribution is 2.39. The number of nitrogens with one attached hydrogen (secondary N) is 1. The van der Waals surface area contributed by atoms with Crippen LogP contribution in [0, 0.1) is 0 Å². The molecular weight excluding hydrogens is 394 g/mol. The van der Waals surface area contributed by atoms with Gasteiger partial charge in [-0.15, -0.1) is 11.3 Å². The average molecular weight is 428 g/mol. The second kappa shape index (κ2) is 8.03. The second-order valence-electron chi connectivity index (χ2n) is 9.69. The lowest BCUT2D eigenvalue weighted by atomic mass is 9.90. The van der Waals surface area contributed by atoms with Crippen LogP contribution in [0.5, 0.6) is 0 Å². The van der Waals surface area contributed by atoms with E-state index in [1.807, 2.05) is 17.9 Å². The first kappa shape index (κ1) is 20.1. The van der Waals surface area contributed by atoms with E-state index in [2.05, 4.69) is 21.3 Å². The zero-order chi connectivity index (χ0) is 20.7. The third-order valence-corrected chi connectivity index (χ3v) is 8.43. The zero-order valence-corrected chi connectivity index (χ0v) is 18.8. The van der Waals surface area contributed by atoms with Crippen LogP contribution in [0.25, 0.3) is 10.2 Å². The summed E-state index contributed by atoms with van der Waals surface area (Å²) < 4.78 is 3.23. The summed E-state index contributed by atoms with van der Waals surface area (Å²) in [6.07, 6.45) is 12.6. The molecule has 2 aromatic rings. The number of hydrogen-bond acceptors (Lipinski definition) is 3. The fraction of sp³-hybridized carbons (Fsp3) is 0.667. The van der Waals surface area contributed by atoms with Crippen molar-refractivity contribution in [1.29, 1.82) is 0 Å². The molecule has 1 aliphatic heterocycles. The number of rotatable bonds is 3. The van der Waals surface area contributed by atoms with E-state index < -0.39 is 5.54 Å². The van der Waals surface area contributed by atoms with Crippen molar-refractivity contribution in [3.8, 4) is 0 Å². The fourth-order valence-electron chi connectivity index (χ4n) is 5.91. The Kier molecular flexibility index (Phi) is 5.38. The summed E-state index contributed by atoms with van der Waals surface area (Å²) in [6.45, 7) is 2.55. The molecule has 2 fully saturated rings. The number of fused-ring (bicyclic) bond motifs is 3. The van der Waals surface area contributed by atoms with Crippen LogP contribution in [0.15, 0.2) is 17.5 Å². The molecule has 2 aromatic heterocycles. The van der Waals surface area contributed by atoms with Gasteiger partial charge in [0, 0.05) is 12.1 Å². The van der Waals surface area contributed by atoms with E-state index in [4.69, 9.17) is 0 Å². The molecule has 0 bridgehead atoms. The summed E-state index contributed by atoms with van der Waals surface area (Å²) in [5.41, 5.74) is 0.995. The lowest BCUT2D eigenvalue weighted by molar-refractivity contribution is -0.135. The summed E-state index contributed by atoms with van der Waals surface area (Å²) in [6, 6.07) is 4.51. The molecule has 3 heterocycles. The SMILES string of the molecule is CC1(C(=O)NC2CCCCCCC2)Cn2c(cc3sccc32)C(=O)N1C1CCCC1. The first-order valence-electron chi connectivity index (χ1n) is 11.8. The van der Waals surface area contributed by atoms with Crippen molar-refractivity contribution in [3.05, 3.63) is 23.2 Å². The van der Waals surface area contributed by atoms with E-state index in [0.717, 1.165) is 54.4 Å². The molecule has 5 rings (SSSR count). The van der Waals surface area contributed by atoms with E-state index in [-0.39, 0.29) is 23.9 Å². The second-order valence-corrected chi connectivity index (χ2v) is 10.6. The number of carbonyl (C=O) groups excluding carboxylic acids is 2. The molecule has 3 aliphatic rings. The summed E-state index contributed by atoms with van der Waals surface area (Å²) in [5.74, 6) is 0.0721. The number of amides is 2. The highest BCUT2D eigenvalue weighted by molar-refractivity contribution is 7.17. The lowest BCUT2D eigenvalue weighted by Crippen LogP contribution is -2.67. The maximum atomic E-state index is 13.8. The van der Waals surface area contributed by atoms with Gasteiger partial charge in [-0.3, -0.25) is 9.59 Å². The van der Waals surface area contributed by atoms with Gasteiger partial charge in [0.25, 0.3) is 5.91 Å². The molecule has 2 amide bonds. The topological polar surface area (TPSA) is 54.3 Å². The van der Waals surface area contributed by atoms with E-state index >= 15 is 0 Å². The summed E-state index contributed by atoms with van der Waals surface area (Å²) >= 11 is 1.67. The lowest BCUT2D eigenvalue weighted by Gasteiger charge is -2.47. The van der Waals surface area contributed by atoms with Gasteiger partial charge in [0.1, 0.15) is 11.2 Å². The number of hydrogen-bond donors (Lipinski definition) is 1. The molecule has 2 aliphatic carbocycles. The van der Waals surface area contributed by atoms with Gasteiger partial charge in [-0.05, 0) is 50.1 Å². The van der Waals surface area contributed by atoms with Crippen LogP contribution >= 0.6 is 11.3 Å². The van der Waals surface area contributed by atoms with Crippen molar-refractivity contribution in [2.45, 2.75) is 102 Å². The molecule has 162 valence electrons. The summed E-state index contributed by atoms with van der Waals surface area (Å²) in [7, 11) is 0. The minimum Gasteiger partial charge on any atom is -0.351 e. The van der Waals surface area contributed by atoms with Crippen LogP contribution in [0.4, 0.5) is 0 Å². The van der Waals surface area contributed by atoms with Crippen LogP contribution in [-0.4, -0.2) is 38.9 Å². The zero-order valence-electron chi connectivity index (χ0n) is 18.0. The van der Waals surface area contributed by atoms with Crippen molar-refractivity contribution in [2.75, 3.05) is 0 Å². The molecule has 30 heavy (non-hydrogen) atoms. The molecule has 0 spiro atoms. The standard InChI is InChI=1S/C24H33N3O2S/c1-24(23(29)25-17-9-5-3-2-4-6-10-17)16-26-19-13-14-30-21(19)15-20(26)22(28)27(24)18-11-7-8-12-18/h13-15,17-18H,2-12,16H2,1H3,(H,25,29). The summed E-state index contributed by atoms with van der Waals surface area (Å²) in [5, 5.41) is 5.46. The molecule has 1 atom stereocenters. The van der Waals surface area contributed by atoms with Crippen LogP contribution < -0.4 is 5.32 Å². The highest BCUT2D eigenvalue weighted by atomic mass is 32.1. The highest BCUT2D eigenvalue weighted by Gasteiger charge is 2.51. The van der Waals surface area contributed by atoms with Gasteiger partial charge >= 0.3 is 0 Å². The van der Waals surface area contributed by atoms with E-state index in [1.54, 1.807) is 11.3 Å². The van der Waals surface area contributed by atoms with Gasteiger partial charge < -0.3 is 14.8 Å². The van der Waals surface area contributed by atoms with E-state index in [0.29, 0.717) is 6.54 Å². The van der Waals surface area contributed by atoms with Gasteiger partial charge in [0.05, 0.1) is 16.8 Å². The van der Waals surface area contributed by atoms with Gasteiger partial charge in [0.2, 0.25) is 5.91 Å². The van der Waals surface area contributed by atoms with E-state index in [1.165, 1.54) is 32.1 Å². The quantitative estimate of drug-likeness (QED) is 0.742.